The summed E-state index contributed by atoms with van der Waals surface area (Å²) in [6.07, 6.45) is 5.30. The molecule has 0 heterocycles. The van der Waals surface area contributed by atoms with Gasteiger partial charge >= 0.3 is 0 Å². The molecular weight excluding hydrogens is 224 g/mol. The summed E-state index contributed by atoms with van der Waals surface area (Å²) in [5, 5.41) is 3.50. The van der Waals surface area contributed by atoms with E-state index in [0.717, 1.165) is 18.7 Å². The van der Waals surface area contributed by atoms with Crippen molar-refractivity contribution in [1.82, 2.24) is 5.32 Å². The number of amides is 1. The van der Waals surface area contributed by atoms with Crippen LogP contribution in [-0.4, -0.2) is 12.5 Å². The molecule has 0 atom stereocenters. The Balaban J connectivity index is 1.83. The highest BCUT2D eigenvalue weighted by molar-refractivity contribution is 5.92. The van der Waals surface area contributed by atoms with E-state index in [-0.39, 0.29) is 5.91 Å². The monoisotopic (exact) mass is 246 g/mol. The first-order chi connectivity index (χ1) is 8.65. The van der Waals surface area contributed by atoms with Gasteiger partial charge in [0.05, 0.1) is 0 Å². The number of carbonyl (C=O) groups is 1. The Kier molecular flexibility index (Phi) is 4.02. The lowest BCUT2D eigenvalue weighted by Gasteiger charge is -2.15. The Morgan fingerprint density at radius 2 is 2.22 bits per heavy atom. The molecule has 1 aromatic rings. The lowest BCUT2D eigenvalue weighted by molar-refractivity contribution is 0.1000. The number of benzene rings is 1. The van der Waals surface area contributed by atoms with Crippen molar-refractivity contribution in [3.05, 3.63) is 35.4 Å². The van der Waals surface area contributed by atoms with E-state index < -0.39 is 0 Å². The molecule has 0 unspecified atom stereocenters. The third-order valence-corrected chi connectivity index (χ3v) is 3.78. The van der Waals surface area contributed by atoms with Gasteiger partial charge in [-0.05, 0) is 42.4 Å². The Labute approximate surface area is 109 Å². The average Bonchev–Trinajstić information content (AvgIpc) is 3.10. The van der Waals surface area contributed by atoms with Gasteiger partial charge in [0.2, 0.25) is 5.91 Å². The topological polar surface area (TPSA) is 55.1 Å². The Morgan fingerprint density at radius 1 is 1.44 bits per heavy atom. The van der Waals surface area contributed by atoms with Gasteiger partial charge in [-0.1, -0.05) is 25.5 Å². The maximum atomic E-state index is 11.1. The summed E-state index contributed by atoms with van der Waals surface area (Å²) < 4.78 is 0. The van der Waals surface area contributed by atoms with Crippen molar-refractivity contribution in [3.8, 4) is 0 Å². The van der Waals surface area contributed by atoms with E-state index in [9.17, 15) is 4.79 Å². The zero-order valence-electron chi connectivity index (χ0n) is 11.0. The molecule has 2 rings (SSSR count). The summed E-state index contributed by atoms with van der Waals surface area (Å²) in [5.74, 6) is -0.360. The van der Waals surface area contributed by atoms with Crippen LogP contribution in [0, 0.1) is 5.41 Å². The fourth-order valence-electron chi connectivity index (χ4n) is 2.53. The molecule has 1 aromatic carbocycles. The average molecular weight is 246 g/mol. The fraction of sp³-hybridized carbons (Fsp3) is 0.533. The molecule has 3 heteroatoms. The molecule has 1 saturated carbocycles. The zero-order chi connectivity index (χ0) is 13.0. The molecule has 1 aliphatic rings. The van der Waals surface area contributed by atoms with Gasteiger partial charge < -0.3 is 11.1 Å². The van der Waals surface area contributed by atoms with Crippen molar-refractivity contribution in [2.24, 2.45) is 11.1 Å². The smallest absolute Gasteiger partial charge is 0.248 e. The van der Waals surface area contributed by atoms with Gasteiger partial charge in [0.15, 0.2) is 0 Å². The minimum atomic E-state index is -0.360. The van der Waals surface area contributed by atoms with E-state index in [1.54, 1.807) is 6.07 Å². The molecule has 18 heavy (non-hydrogen) atoms. The predicted molar refractivity (Wildman–Crippen MR) is 73.2 cm³/mol. The number of hydrogen-bond donors (Lipinski definition) is 2. The molecule has 0 radical (unpaired) electrons. The summed E-state index contributed by atoms with van der Waals surface area (Å²) in [4.78, 5) is 11.1. The highest BCUT2D eigenvalue weighted by atomic mass is 16.1. The van der Waals surface area contributed by atoms with Crippen LogP contribution in [0.3, 0.4) is 0 Å². The molecule has 98 valence electrons. The van der Waals surface area contributed by atoms with Crippen LogP contribution in [0.2, 0.25) is 0 Å². The minimum Gasteiger partial charge on any atom is -0.366 e. The molecule has 3 N–H and O–H groups in total. The first-order valence-corrected chi connectivity index (χ1v) is 6.75. The molecule has 0 aromatic heterocycles. The van der Waals surface area contributed by atoms with E-state index in [2.05, 4.69) is 12.2 Å². The molecular formula is C15H22N2O. The van der Waals surface area contributed by atoms with Gasteiger partial charge in [-0.2, -0.15) is 0 Å². The third kappa shape index (κ3) is 3.33. The quantitative estimate of drug-likeness (QED) is 0.776. The van der Waals surface area contributed by atoms with Crippen LogP contribution in [0.25, 0.3) is 0 Å². The number of nitrogens with two attached hydrogens (primary N) is 1. The molecule has 1 fully saturated rings. The van der Waals surface area contributed by atoms with Crippen molar-refractivity contribution >= 4 is 5.91 Å². The van der Waals surface area contributed by atoms with Gasteiger partial charge in [-0.25, -0.2) is 0 Å². The number of carbonyl (C=O) groups excluding carboxylic acids is 1. The van der Waals surface area contributed by atoms with Crippen LogP contribution < -0.4 is 11.1 Å². The maximum Gasteiger partial charge on any atom is 0.248 e. The van der Waals surface area contributed by atoms with Crippen molar-refractivity contribution in [2.75, 3.05) is 6.54 Å². The summed E-state index contributed by atoms with van der Waals surface area (Å²) in [6.45, 7) is 4.14. The number of nitrogens with one attached hydrogen (secondary N) is 1. The lowest BCUT2D eigenvalue weighted by Crippen LogP contribution is -2.23. The van der Waals surface area contributed by atoms with Gasteiger partial charge in [0.25, 0.3) is 0 Å². The predicted octanol–water partition coefficient (Wildman–Crippen LogP) is 2.46. The molecule has 0 bridgehead atoms. The van der Waals surface area contributed by atoms with E-state index in [4.69, 9.17) is 5.73 Å². The van der Waals surface area contributed by atoms with E-state index in [0.29, 0.717) is 11.0 Å². The SMILES string of the molecule is CCCC1(CNCc2cccc(C(N)=O)c2)CC1. The van der Waals surface area contributed by atoms with Crippen LogP contribution in [0.4, 0.5) is 0 Å². The van der Waals surface area contributed by atoms with Crippen LogP contribution in [0.1, 0.15) is 48.5 Å². The molecule has 1 amide bonds. The molecule has 0 saturated heterocycles. The van der Waals surface area contributed by atoms with Crippen molar-refractivity contribution in [2.45, 2.75) is 39.2 Å². The van der Waals surface area contributed by atoms with E-state index in [1.165, 1.54) is 25.7 Å². The molecule has 0 aliphatic heterocycles. The highest BCUT2D eigenvalue weighted by Gasteiger charge is 2.40. The van der Waals surface area contributed by atoms with Crippen LogP contribution >= 0.6 is 0 Å². The minimum absolute atomic E-state index is 0.360. The van der Waals surface area contributed by atoms with Crippen molar-refractivity contribution in [3.63, 3.8) is 0 Å². The first-order valence-electron chi connectivity index (χ1n) is 6.75. The molecule has 1 aliphatic carbocycles. The summed E-state index contributed by atoms with van der Waals surface area (Å²) >= 11 is 0. The fourth-order valence-corrected chi connectivity index (χ4v) is 2.53. The van der Waals surface area contributed by atoms with Gasteiger partial charge in [0.1, 0.15) is 0 Å². The second kappa shape index (κ2) is 5.53. The Morgan fingerprint density at radius 3 is 2.83 bits per heavy atom. The highest BCUT2D eigenvalue weighted by Crippen LogP contribution is 2.48. The Hall–Kier alpha value is -1.35. The standard InChI is InChI=1S/C15H22N2O/c1-2-6-15(7-8-15)11-17-10-12-4-3-5-13(9-12)14(16)18/h3-5,9,17H,2,6-8,10-11H2,1H3,(H2,16,18). The van der Waals surface area contributed by atoms with Crippen molar-refractivity contribution < 1.29 is 4.79 Å². The Bertz CT molecular complexity index is 424. The van der Waals surface area contributed by atoms with Crippen LogP contribution in [0.5, 0.6) is 0 Å². The lowest BCUT2D eigenvalue weighted by atomic mass is 10.0. The zero-order valence-corrected chi connectivity index (χ0v) is 11.0. The number of primary amides is 1. The van der Waals surface area contributed by atoms with Crippen LogP contribution in [0.15, 0.2) is 24.3 Å². The van der Waals surface area contributed by atoms with Crippen LogP contribution in [-0.2, 0) is 6.54 Å². The van der Waals surface area contributed by atoms with Gasteiger partial charge in [0, 0.05) is 18.7 Å². The summed E-state index contributed by atoms with van der Waals surface area (Å²) in [7, 11) is 0. The second-order valence-electron chi connectivity index (χ2n) is 5.42. The number of hydrogen-bond acceptors (Lipinski definition) is 2. The summed E-state index contributed by atoms with van der Waals surface area (Å²) in [6, 6.07) is 7.54. The largest absolute Gasteiger partial charge is 0.366 e. The normalized spacial score (nSPS) is 16.5. The number of rotatable bonds is 7. The van der Waals surface area contributed by atoms with Gasteiger partial charge in [-0.3, -0.25) is 4.79 Å². The van der Waals surface area contributed by atoms with Gasteiger partial charge in [-0.15, -0.1) is 0 Å². The maximum absolute atomic E-state index is 11.1. The molecule has 3 nitrogen and oxygen atoms in total. The van der Waals surface area contributed by atoms with Crippen molar-refractivity contribution in [1.29, 1.82) is 0 Å². The summed E-state index contributed by atoms with van der Waals surface area (Å²) in [5.41, 5.74) is 7.55. The molecule has 0 spiro atoms. The van der Waals surface area contributed by atoms with E-state index in [1.807, 2.05) is 18.2 Å². The van der Waals surface area contributed by atoms with E-state index >= 15 is 0 Å². The second-order valence-corrected chi connectivity index (χ2v) is 5.42. The third-order valence-electron chi connectivity index (χ3n) is 3.78. The first kappa shape index (κ1) is 13.1.